The maximum atomic E-state index is 11.5. The molecule has 1 saturated heterocycles. The van der Waals surface area contributed by atoms with Crippen LogP contribution in [0.2, 0.25) is 0 Å². The Labute approximate surface area is 87.1 Å². The smallest absolute Gasteiger partial charge is 0.310 e. The van der Waals surface area contributed by atoms with Crippen LogP contribution in [0.25, 0.3) is 0 Å². The monoisotopic (exact) mass is 211 g/mol. The minimum absolute atomic E-state index is 0.0189. The Morgan fingerprint density at radius 2 is 2.50 bits per heavy atom. The molecule has 0 radical (unpaired) electrons. The lowest BCUT2D eigenvalue weighted by molar-refractivity contribution is -0.145. The van der Waals surface area contributed by atoms with Crippen LogP contribution in [0.3, 0.4) is 0 Å². The molecule has 3 nitrogen and oxygen atoms in total. The molecule has 14 heavy (non-hydrogen) atoms. The summed E-state index contributed by atoms with van der Waals surface area (Å²) in [5, 5.41) is 7.38. The first kappa shape index (κ1) is 9.68. The highest BCUT2D eigenvalue weighted by atomic mass is 32.1. The van der Waals surface area contributed by atoms with Crippen molar-refractivity contribution in [2.75, 3.05) is 20.2 Å². The van der Waals surface area contributed by atoms with Gasteiger partial charge in [-0.3, -0.25) is 4.79 Å². The second kappa shape index (κ2) is 4.11. The van der Waals surface area contributed by atoms with E-state index in [1.807, 2.05) is 5.38 Å². The van der Waals surface area contributed by atoms with Crippen molar-refractivity contribution in [2.24, 2.45) is 5.92 Å². The Bertz CT molecular complexity index is 310. The van der Waals surface area contributed by atoms with E-state index in [4.69, 9.17) is 4.74 Å². The number of thiophene rings is 1. The van der Waals surface area contributed by atoms with E-state index in [1.54, 1.807) is 11.3 Å². The SMILES string of the molecule is COC(=O)[C@@H]1CNC[C@@H]1c1ccsc1. The Morgan fingerprint density at radius 3 is 3.14 bits per heavy atom. The van der Waals surface area contributed by atoms with Crippen molar-refractivity contribution in [3.05, 3.63) is 22.4 Å². The Morgan fingerprint density at radius 1 is 1.64 bits per heavy atom. The van der Waals surface area contributed by atoms with E-state index in [9.17, 15) is 4.79 Å². The molecule has 2 heterocycles. The van der Waals surface area contributed by atoms with Gasteiger partial charge in [0.25, 0.3) is 0 Å². The average Bonchev–Trinajstić information content (AvgIpc) is 2.85. The molecule has 1 fully saturated rings. The largest absolute Gasteiger partial charge is 0.469 e. The van der Waals surface area contributed by atoms with E-state index in [0.717, 1.165) is 13.1 Å². The van der Waals surface area contributed by atoms with Crippen molar-refractivity contribution in [2.45, 2.75) is 5.92 Å². The zero-order valence-electron chi connectivity index (χ0n) is 8.03. The molecular weight excluding hydrogens is 198 g/mol. The van der Waals surface area contributed by atoms with Gasteiger partial charge in [-0.15, -0.1) is 0 Å². The van der Waals surface area contributed by atoms with Crippen LogP contribution in [-0.4, -0.2) is 26.2 Å². The van der Waals surface area contributed by atoms with Crippen LogP contribution in [0.4, 0.5) is 0 Å². The lowest BCUT2D eigenvalue weighted by Gasteiger charge is -2.14. The summed E-state index contributed by atoms with van der Waals surface area (Å²) in [6.45, 7) is 1.60. The van der Waals surface area contributed by atoms with Crippen molar-refractivity contribution in [3.8, 4) is 0 Å². The summed E-state index contributed by atoms with van der Waals surface area (Å²) in [4.78, 5) is 11.5. The number of methoxy groups -OCH3 is 1. The fraction of sp³-hybridized carbons (Fsp3) is 0.500. The third-order valence-corrected chi connectivity index (χ3v) is 3.39. The zero-order valence-corrected chi connectivity index (χ0v) is 8.84. The number of ether oxygens (including phenoxy) is 1. The van der Waals surface area contributed by atoms with Gasteiger partial charge in [-0.1, -0.05) is 0 Å². The molecule has 1 aromatic rings. The van der Waals surface area contributed by atoms with Gasteiger partial charge in [0, 0.05) is 19.0 Å². The summed E-state index contributed by atoms with van der Waals surface area (Å²) in [6, 6.07) is 2.08. The maximum Gasteiger partial charge on any atom is 0.310 e. The van der Waals surface area contributed by atoms with Gasteiger partial charge in [-0.25, -0.2) is 0 Å². The molecule has 0 aliphatic carbocycles. The second-order valence-corrected chi connectivity index (χ2v) is 4.23. The van der Waals surface area contributed by atoms with Gasteiger partial charge in [0.1, 0.15) is 0 Å². The predicted octanol–water partition coefficient (Wildman–Crippen LogP) is 1.22. The van der Waals surface area contributed by atoms with Gasteiger partial charge >= 0.3 is 5.97 Å². The van der Waals surface area contributed by atoms with Crippen LogP contribution in [0.1, 0.15) is 11.5 Å². The van der Waals surface area contributed by atoms with Crippen molar-refractivity contribution in [3.63, 3.8) is 0 Å². The van der Waals surface area contributed by atoms with Crippen LogP contribution in [0, 0.1) is 5.92 Å². The topological polar surface area (TPSA) is 38.3 Å². The highest BCUT2D eigenvalue weighted by molar-refractivity contribution is 7.08. The number of carbonyl (C=O) groups is 1. The summed E-state index contributed by atoms with van der Waals surface area (Å²) in [5.74, 6) is 0.162. The molecule has 0 saturated carbocycles. The standard InChI is InChI=1S/C10H13NO2S/c1-13-10(12)9-5-11-4-8(9)7-2-3-14-6-7/h2-3,6,8-9,11H,4-5H2,1H3/t8-,9-/m1/s1. The molecule has 1 aliphatic rings. The molecule has 0 amide bonds. The first-order valence-corrected chi connectivity index (χ1v) is 5.58. The van der Waals surface area contributed by atoms with E-state index in [2.05, 4.69) is 16.8 Å². The van der Waals surface area contributed by atoms with E-state index in [0.29, 0.717) is 0 Å². The molecular formula is C10H13NO2S. The lowest BCUT2D eigenvalue weighted by atomic mass is 9.91. The molecule has 76 valence electrons. The van der Waals surface area contributed by atoms with Gasteiger partial charge in [0.15, 0.2) is 0 Å². The second-order valence-electron chi connectivity index (χ2n) is 3.45. The molecule has 0 spiro atoms. The van der Waals surface area contributed by atoms with Crippen molar-refractivity contribution in [1.29, 1.82) is 0 Å². The highest BCUT2D eigenvalue weighted by Crippen LogP contribution is 2.30. The van der Waals surface area contributed by atoms with Crippen molar-refractivity contribution >= 4 is 17.3 Å². The van der Waals surface area contributed by atoms with E-state index in [-0.39, 0.29) is 17.8 Å². The minimum Gasteiger partial charge on any atom is -0.469 e. The fourth-order valence-corrected chi connectivity index (χ4v) is 2.64. The van der Waals surface area contributed by atoms with Crippen LogP contribution >= 0.6 is 11.3 Å². The molecule has 0 unspecified atom stereocenters. The zero-order chi connectivity index (χ0) is 9.97. The Balaban J connectivity index is 2.15. The molecule has 1 aliphatic heterocycles. The summed E-state index contributed by atoms with van der Waals surface area (Å²) < 4.78 is 4.79. The molecule has 1 N–H and O–H groups in total. The van der Waals surface area contributed by atoms with Crippen LogP contribution in [-0.2, 0) is 9.53 Å². The number of carbonyl (C=O) groups excluding carboxylic acids is 1. The number of nitrogens with one attached hydrogen (secondary N) is 1. The van der Waals surface area contributed by atoms with E-state index >= 15 is 0 Å². The average molecular weight is 211 g/mol. The number of rotatable bonds is 2. The van der Waals surface area contributed by atoms with Gasteiger partial charge in [0.05, 0.1) is 13.0 Å². The van der Waals surface area contributed by atoms with E-state index in [1.165, 1.54) is 12.7 Å². The maximum absolute atomic E-state index is 11.5. The fourth-order valence-electron chi connectivity index (χ4n) is 1.91. The lowest BCUT2D eigenvalue weighted by Crippen LogP contribution is -2.22. The first-order chi connectivity index (χ1) is 6.83. The quantitative estimate of drug-likeness (QED) is 0.748. The Kier molecular flexibility index (Phi) is 2.84. The minimum atomic E-state index is -0.105. The molecule has 2 rings (SSSR count). The van der Waals surface area contributed by atoms with Gasteiger partial charge in [0.2, 0.25) is 0 Å². The number of hydrogen-bond donors (Lipinski definition) is 1. The third kappa shape index (κ3) is 1.67. The van der Waals surface area contributed by atoms with Crippen molar-refractivity contribution < 1.29 is 9.53 Å². The molecule has 0 aromatic carbocycles. The predicted molar refractivity (Wildman–Crippen MR) is 55.4 cm³/mol. The number of hydrogen-bond acceptors (Lipinski definition) is 4. The summed E-state index contributed by atoms with van der Waals surface area (Å²) in [5.41, 5.74) is 1.25. The summed E-state index contributed by atoms with van der Waals surface area (Å²) in [6.07, 6.45) is 0. The van der Waals surface area contributed by atoms with Crippen LogP contribution < -0.4 is 5.32 Å². The third-order valence-electron chi connectivity index (χ3n) is 2.69. The molecule has 0 bridgehead atoms. The Hall–Kier alpha value is -0.870. The summed E-state index contributed by atoms with van der Waals surface area (Å²) in [7, 11) is 1.45. The highest BCUT2D eigenvalue weighted by Gasteiger charge is 2.34. The van der Waals surface area contributed by atoms with Crippen molar-refractivity contribution in [1.82, 2.24) is 5.32 Å². The number of esters is 1. The van der Waals surface area contributed by atoms with Crippen LogP contribution in [0.5, 0.6) is 0 Å². The van der Waals surface area contributed by atoms with Gasteiger partial charge < -0.3 is 10.1 Å². The molecule has 4 heteroatoms. The molecule has 1 aromatic heterocycles. The van der Waals surface area contributed by atoms with E-state index < -0.39 is 0 Å². The summed E-state index contributed by atoms with van der Waals surface area (Å²) >= 11 is 1.67. The first-order valence-electron chi connectivity index (χ1n) is 4.63. The molecule has 2 atom stereocenters. The van der Waals surface area contributed by atoms with Gasteiger partial charge in [-0.2, -0.15) is 11.3 Å². The van der Waals surface area contributed by atoms with Crippen LogP contribution in [0.15, 0.2) is 16.8 Å². The normalized spacial score (nSPS) is 26.4. The van der Waals surface area contributed by atoms with Gasteiger partial charge in [-0.05, 0) is 22.4 Å².